The van der Waals surface area contributed by atoms with E-state index in [2.05, 4.69) is 20.3 Å². The molecule has 1 saturated carbocycles. The van der Waals surface area contributed by atoms with Crippen molar-refractivity contribution in [2.24, 2.45) is 10.9 Å². The average molecular weight is 577 g/mol. The Kier molecular flexibility index (Phi) is 7.76. The SMILES string of the molecule is COC(=O)C1=C([C@H]2CC[C@H](c3nc(C(=O)OC)co3)CC2)NC(c2nccs2)=NC1c1ccc(F)c(F)c1Cl. The van der Waals surface area contributed by atoms with Gasteiger partial charge in [-0.3, -0.25) is 4.99 Å². The summed E-state index contributed by atoms with van der Waals surface area (Å²) in [6.45, 7) is 0. The van der Waals surface area contributed by atoms with Crippen molar-refractivity contribution in [2.75, 3.05) is 14.2 Å². The van der Waals surface area contributed by atoms with Gasteiger partial charge in [-0.15, -0.1) is 11.3 Å². The number of methoxy groups -OCH3 is 2. The highest BCUT2D eigenvalue weighted by Gasteiger charge is 2.39. The predicted octanol–water partition coefficient (Wildman–Crippen LogP) is 5.34. The van der Waals surface area contributed by atoms with Crippen molar-refractivity contribution in [2.45, 2.75) is 37.6 Å². The molecule has 0 radical (unpaired) electrons. The molecule has 2 aliphatic rings. The minimum atomic E-state index is -1.22. The lowest BCUT2D eigenvalue weighted by atomic mass is 9.78. The molecule has 1 aromatic carbocycles. The number of oxazole rings is 1. The molecule has 2 aromatic heterocycles. The number of amidine groups is 1. The fourth-order valence-corrected chi connectivity index (χ4v) is 5.79. The summed E-state index contributed by atoms with van der Waals surface area (Å²) in [6.07, 6.45) is 5.48. The van der Waals surface area contributed by atoms with Gasteiger partial charge in [-0.05, 0) is 37.7 Å². The van der Waals surface area contributed by atoms with Crippen molar-refractivity contribution in [1.82, 2.24) is 15.3 Å². The van der Waals surface area contributed by atoms with Crippen molar-refractivity contribution in [1.29, 1.82) is 0 Å². The lowest BCUT2D eigenvalue weighted by Crippen LogP contribution is -2.37. The van der Waals surface area contributed by atoms with Crippen molar-refractivity contribution in [3.05, 3.63) is 80.1 Å². The number of benzene rings is 1. The van der Waals surface area contributed by atoms with Gasteiger partial charge in [0.1, 0.15) is 12.3 Å². The van der Waals surface area contributed by atoms with Crippen LogP contribution in [0.2, 0.25) is 5.02 Å². The molecule has 0 saturated heterocycles. The van der Waals surface area contributed by atoms with Gasteiger partial charge in [0.2, 0.25) is 0 Å². The third kappa shape index (κ3) is 5.18. The summed E-state index contributed by atoms with van der Waals surface area (Å²) in [7, 11) is 2.52. The number of hydrogen-bond acceptors (Lipinski definition) is 10. The number of halogens is 3. The molecule has 5 rings (SSSR count). The lowest BCUT2D eigenvalue weighted by Gasteiger charge is -2.34. The van der Waals surface area contributed by atoms with Gasteiger partial charge in [-0.2, -0.15) is 0 Å². The Morgan fingerprint density at radius 3 is 2.49 bits per heavy atom. The third-order valence-corrected chi connectivity index (χ3v) is 8.04. The standard InChI is InChI=1S/C26H23ClF2N4O5S/c1-36-25(34)16-11-38-23(31-16)13-5-3-12(4-6-13)20-17(26(35)37-2)21(14-7-8-15(28)19(29)18(14)27)33-22(32-20)24-30-9-10-39-24/h7-13,21H,3-6H2,1-2H3,(H,32,33)/t12-,13-,21?. The molecular weight excluding hydrogens is 554 g/mol. The van der Waals surface area contributed by atoms with Gasteiger partial charge < -0.3 is 19.2 Å². The van der Waals surface area contributed by atoms with Gasteiger partial charge >= 0.3 is 11.9 Å². The Morgan fingerprint density at radius 2 is 1.82 bits per heavy atom. The van der Waals surface area contributed by atoms with Crippen molar-refractivity contribution < 1.29 is 32.3 Å². The summed E-state index contributed by atoms with van der Waals surface area (Å²) in [6, 6.07) is 1.22. The zero-order valence-electron chi connectivity index (χ0n) is 20.9. The second-order valence-corrected chi connectivity index (χ2v) is 10.3. The van der Waals surface area contributed by atoms with E-state index < -0.39 is 34.6 Å². The first kappa shape index (κ1) is 26.9. The van der Waals surface area contributed by atoms with Crippen LogP contribution in [0.3, 0.4) is 0 Å². The smallest absolute Gasteiger partial charge is 0.360 e. The number of hydrogen-bond donors (Lipinski definition) is 1. The first-order chi connectivity index (χ1) is 18.8. The van der Waals surface area contributed by atoms with Crippen molar-refractivity contribution in [3.8, 4) is 0 Å². The molecule has 1 aliphatic carbocycles. The number of carbonyl (C=O) groups is 2. The van der Waals surface area contributed by atoms with E-state index in [1.54, 1.807) is 11.6 Å². The van der Waals surface area contributed by atoms with Gasteiger partial charge in [0.05, 0.1) is 24.8 Å². The third-order valence-electron chi connectivity index (χ3n) is 6.88. The number of ether oxygens (including phenoxy) is 2. The minimum absolute atomic E-state index is 0.0334. The Labute approximate surface area is 230 Å². The maximum absolute atomic E-state index is 14.5. The number of aromatic nitrogens is 2. The van der Waals surface area contributed by atoms with Crippen LogP contribution in [0.15, 0.2) is 50.7 Å². The van der Waals surface area contributed by atoms with Crippen LogP contribution >= 0.6 is 22.9 Å². The zero-order chi connectivity index (χ0) is 27.7. The fraction of sp³-hybridized carbons (Fsp3) is 0.346. The van der Waals surface area contributed by atoms with Crippen LogP contribution < -0.4 is 5.32 Å². The number of thiazole rings is 1. The molecule has 1 N–H and O–H groups in total. The van der Waals surface area contributed by atoms with E-state index in [0.717, 1.165) is 6.07 Å². The van der Waals surface area contributed by atoms with Crippen LogP contribution in [0.25, 0.3) is 0 Å². The summed E-state index contributed by atoms with van der Waals surface area (Å²) in [5, 5.41) is 5.16. The van der Waals surface area contributed by atoms with Gasteiger partial charge in [-0.1, -0.05) is 17.7 Å². The Morgan fingerprint density at radius 1 is 1.10 bits per heavy atom. The molecule has 0 spiro atoms. The second kappa shape index (κ2) is 11.2. The molecule has 1 atom stereocenters. The number of aliphatic imine (C=N–C) groups is 1. The molecule has 3 heterocycles. The molecule has 9 nitrogen and oxygen atoms in total. The van der Waals surface area contributed by atoms with Crippen LogP contribution in [-0.4, -0.2) is 42.0 Å². The molecule has 0 amide bonds. The van der Waals surface area contributed by atoms with E-state index in [1.165, 1.54) is 37.9 Å². The molecule has 39 heavy (non-hydrogen) atoms. The van der Waals surface area contributed by atoms with Gasteiger partial charge in [0.15, 0.2) is 34.1 Å². The maximum Gasteiger partial charge on any atom is 0.360 e. The van der Waals surface area contributed by atoms with Gasteiger partial charge in [-0.25, -0.2) is 28.3 Å². The number of nitrogens with zero attached hydrogens (tertiary/aromatic N) is 3. The van der Waals surface area contributed by atoms with Crippen LogP contribution in [-0.2, 0) is 14.3 Å². The molecule has 1 unspecified atom stereocenters. The van der Waals surface area contributed by atoms with Crippen molar-refractivity contribution in [3.63, 3.8) is 0 Å². The predicted molar refractivity (Wildman–Crippen MR) is 137 cm³/mol. The highest BCUT2D eigenvalue weighted by molar-refractivity contribution is 7.11. The summed E-state index contributed by atoms with van der Waals surface area (Å²) >= 11 is 7.57. The van der Waals surface area contributed by atoms with E-state index in [4.69, 9.17) is 25.5 Å². The van der Waals surface area contributed by atoms with Crippen LogP contribution in [0, 0.1) is 17.6 Å². The quantitative estimate of drug-likeness (QED) is 0.309. The lowest BCUT2D eigenvalue weighted by molar-refractivity contribution is -0.136. The second-order valence-electron chi connectivity index (χ2n) is 9.04. The van der Waals surface area contributed by atoms with E-state index in [9.17, 15) is 18.4 Å². The minimum Gasteiger partial charge on any atom is -0.466 e. The monoisotopic (exact) mass is 576 g/mol. The molecule has 204 valence electrons. The zero-order valence-corrected chi connectivity index (χ0v) is 22.4. The number of allylic oxidation sites excluding steroid dienone is 1. The first-order valence-corrected chi connectivity index (χ1v) is 13.3. The Bertz CT molecular complexity index is 1460. The summed E-state index contributed by atoms with van der Waals surface area (Å²) in [5.41, 5.74) is 0.967. The Hall–Kier alpha value is -3.64. The van der Waals surface area contributed by atoms with Gasteiger partial charge in [0, 0.05) is 28.8 Å². The summed E-state index contributed by atoms with van der Waals surface area (Å²) in [4.78, 5) is 38.2. The van der Waals surface area contributed by atoms with E-state index in [1.807, 2.05) is 0 Å². The molecule has 1 fully saturated rings. The largest absolute Gasteiger partial charge is 0.466 e. The average Bonchev–Trinajstić information content (AvgIpc) is 3.68. The molecule has 1 aliphatic heterocycles. The maximum atomic E-state index is 14.5. The number of esters is 2. The van der Waals surface area contributed by atoms with Crippen LogP contribution in [0.5, 0.6) is 0 Å². The molecule has 13 heteroatoms. The normalized spacial score (nSPS) is 21.3. The van der Waals surface area contributed by atoms with E-state index in [-0.39, 0.29) is 28.7 Å². The molecular formula is C26H23ClF2N4O5S. The highest BCUT2D eigenvalue weighted by atomic mass is 35.5. The summed E-state index contributed by atoms with van der Waals surface area (Å²) in [5.74, 6) is -2.90. The van der Waals surface area contributed by atoms with E-state index in [0.29, 0.717) is 48.1 Å². The highest BCUT2D eigenvalue weighted by Crippen LogP contribution is 2.44. The van der Waals surface area contributed by atoms with Gasteiger partial charge in [0.25, 0.3) is 0 Å². The molecule has 3 aromatic rings. The van der Waals surface area contributed by atoms with Crippen molar-refractivity contribution >= 4 is 40.7 Å². The van der Waals surface area contributed by atoms with E-state index >= 15 is 0 Å². The number of nitrogens with one attached hydrogen (secondary N) is 1. The summed E-state index contributed by atoms with van der Waals surface area (Å²) < 4.78 is 43.7. The number of carbonyl (C=O) groups excluding carboxylic acids is 2. The fourth-order valence-electron chi connectivity index (χ4n) is 4.95. The first-order valence-electron chi connectivity index (χ1n) is 12.1. The number of rotatable bonds is 6. The van der Waals surface area contributed by atoms with Crippen LogP contribution in [0.1, 0.15) is 64.6 Å². The Balaban J connectivity index is 1.51. The topological polar surface area (TPSA) is 116 Å². The molecule has 0 bridgehead atoms. The van der Waals surface area contributed by atoms with Crippen LogP contribution in [0.4, 0.5) is 8.78 Å².